The van der Waals surface area contributed by atoms with Crippen LogP contribution in [0.2, 0.25) is 0 Å². The Morgan fingerprint density at radius 2 is 1.58 bits per heavy atom. The summed E-state index contributed by atoms with van der Waals surface area (Å²) >= 11 is 0. The molecule has 1 N–H and O–H groups in total. The van der Waals surface area contributed by atoms with Gasteiger partial charge >= 0.3 is 5.97 Å². The third kappa shape index (κ3) is 6.63. The lowest BCUT2D eigenvalue weighted by Gasteiger charge is -2.35. The van der Waals surface area contributed by atoms with E-state index in [1.165, 1.54) is 24.1 Å². The number of carbonyl (C=O) groups is 1. The van der Waals surface area contributed by atoms with Gasteiger partial charge in [-0.1, -0.05) is 79.9 Å². The minimum absolute atomic E-state index is 0.0904. The van der Waals surface area contributed by atoms with Gasteiger partial charge in [0.1, 0.15) is 6.04 Å². The topological polar surface area (TPSA) is 43.8 Å². The molecule has 5 rings (SSSR count). The van der Waals surface area contributed by atoms with E-state index >= 15 is 0 Å². The molecule has 3 aliphatic rings. The summed E-state index contributed by atoms with van der Waals surface area (Å²) < 4.78 is 29.3. The lowest BCUT2D eigenvalue weighted by Crippen LogP contribution is -2.43. The van der Waals surface area contributed by atoms with E-state index in [0.717, 1.165) is 64.8 Å². The van der Waals surface area contributed by atoms with Crippen molar-refractivity contribution in [1.29, 1.82) is 0 Å². The molecule has 3 fully saturated rings. The fourth-order valence-electron chi connectivity index (χ4n) is 6.87. The second-order valence-electron chi connectivity index (χ2n) is 12.0. The number of rotatable bonds is 11. The van der Waals surface area contributed by atoms with Crippen molar-refractivity contribution in [3.8, 4) is 0 Å². The van der Waals surface area contributed by atoms with Gasteiger partial charge in [-0.2, -0.15) is 0 Å². The van der Waals surface area contributed by atoms with Crippen molar-refractivity contribution in [1.82, 2.24) is 9.80 Å². The first kappa shape index (κ1) is 27.3. The molecular weight excluding hydrogens is 482 g/mol. The Morgan fingerprint density at radius 3 is 2.18 bits per heavy atom. The van der Waals surface area contributed by atoms with Crippen molar-refractivity contribution in [2.75, 3.05) is 32.7 Å². The van der Waals surface area contributed by atoms with E-state index in [9.17, 15) is 18.7 Å². The van der Waals surface area contributed by atoms with Gasteiger partial charge in [0, 0.05) is 37.5 Å². The lowest BCUT2D eigenvalue weighted by atomic mass is 9.80. The van der Waals surface area contributed by atoms with E-state index in [1.54, 1.807) is 18.2 Å². The third-order valence-corrected chi connectivity index (χ3v) is 9.47. The smallest absolute Gasteiger partial charge is 0.320 e. The van der Waals surface area contributed by atoms with Gasteiger partial charge in [0.05, 0.1) is 0 Å². The maximum Gasteiger partial charge on any atom is 0.320 e. The van der Waals surface area contributed by atoms with Crippen LogP contribution in [0.15, 0.2) is 60.7 Å². The summed E-state index contributed by atoms with van der Waals surface area (Å²) in [6.45, 7) is 4.42. The number of halogens is 2. The zero-order chi connectivity index (χ0) is 26.5. The second-order valence-corrected chi connectivity index (χ2v) is 12.0. The number of benzene rings is 2. The average Bonchev–Trinajstić information content (AvgIpc) is 3.31. The number of hydrogen-bond donors (Lipinski definition) is 1. The molecule has 0 radical (unpaired) electrons. The molecule has 0 bridgehead atoms. The number of nitrogens with zero attached hydrogens (tertiary/aromatic N) is 2. The monoisotopic (exact) mass is 524 g/mol. The van der Waals surface area contributed by atoms with Gasteiger partial charge in [0.15, 0.2) is 0 Å². The quantitative estimate of drug-likeness (QED) is 0.358. The van der Waals surface area contributed by atoms with Crippen LogP contribution in [-0.2, 0) is 10.7 Å². The predicted molar refractivity (Wildman–Crippen MR) is 146 cm³/mol. The molecule has 0 spiro atoms. The summed E-state index contributed by atoms with van der Waals surface area (Å²) in [5.74, 6) is -1.86. The van der Waals surface area contributed by atoms with Crippen molar-refractivity contribution in [3.05, 3.63) is 71.8 Å². The number of alkyl halides is 2. The molecule has 206 valence electrons. The van der Waals surface area contributed by atoms with E-state index in [-0.39, 0.29) is 12.0 Å². The van der Waals surface area contributed by atoms with Crippen LogP contribution in [0.25, 0.3) is 0 Å². The first-order chi connectivity index (χ1) is 18.4. The summed E-state index contributed by atoms with van der Waals surface area (Å²) in [5, 5.41) is 10.1. The maximum atomic E-state index is 14.7. The molecule has 2 aliphatic heterocycles. The first-order valence-corrected chi connectivity index (χ1v) is 14.6. The van der Waals surface area contributed by atoms with Crippen molar-refractivity contribution >= 4 is 5.97 Å². The minimum atomic E-state index is -2.77. The van der Waals surface area contributed by atoms with Crippen molar-refractivity contribution in [3.63, 3.8) is 0 Å². The Bertz CT molecular complexity index is 1020. The Labute approximate surface area is 226 Å². The van der Waals surface area contributed by atoms with Crippen LogP contribution in [0, 0.1) is 17.8 Å². The van der Waals surface area contributed by atoms with E-state index < -0.39 is 17.9 Å². The molecule has 0 unspecified atom stereocenters. The zero-order valence-corrected chi connectivity index (χ0v) is 22.4. The van der Waals surface area contributed by atoms with E-state index in [2.05, 4.69) is 34.1 Å². The van der Waals surface area contributed by atoms with Crippen LogP contribution in [0.5, 0.6) is 0 Å². The summed E-state index contributed by atoms with van der Waals surface area (Å²) in [7, 11) is 0. The summed E-state index contributed by atoms with van der Waals surface area (Å²) in [6.07, 6.45) is 6.70. The zero-order valence-electron chi connectivity index (χ0n) is 22.4. The highest BCUT2D eigenvalue weighted by atomic mass is 19.3. The summed E-state index contributed by atoms with van der Waals surface area (Å²) in [6, 6.07) is 18.4. The largest absolute Gasteiger partial charge is 0.480 e. The van der Waals surface area contributed by atoms with Crippen LogP contribution in [0.4, 0.5) is 8.78 Å². The lowest BCUT2D eigenvalue weighted by molar-refractivity contribution is -0.144. The van der Waals surface area contributed by atoms with E-state index in [4.69, 9.17) is 0 Å². The summed E-state index contributed by atoms with van der Waals surface area (Å²) in [5.41, 5.74) is 1.41. The molecule has 2 aromatic rings. The minimum Gasteiger partial charge on any atom is -0.480 e. The van der Waals surface area contributed by atoms with E-state index in [1.807, 2.05) is 6.07 Å². The standard InChI is InChI=1S/C32H42F2N2O2/c33-32(34,28-12-5-2-6-13-28)17-14-24-15-18-35(19-16-24)21-27-22-36(23-29(27)26-10-3-1-4-11-26)30(31(37)38)20-25-8-7-9-25/h1-6,10-13,24-25,27,29-30H,7-9,14-23H2,(H,37,38)/t27-,29+,30-/m0/s1. The van der Waals surface area contributed by atoms with Crippen LogP contribution in [0.1, 0.15) is 68.4 Å². The molecule has 3 atom stereocenters. The fourth-order valence-corrected chi connectivity index (χ4v) is 6.87. The second kappa shape index (κ2) is 12.3. The van der Waals surface area contributed by atoms with Gasteiger partial charge in [-0.05, 0) is 62.1 Å². The molecule has 1 saturated carbocycles. The van der Waals surface area contributed by atoms with Crippen molar-refractivity contribution in [2.45, 2.75) is 69.2 Å². The molecule has 2 heterocycles. The highest BCUT2D eigenvalue weighted by Gasteiger charge is 2.41. The van der Waals surface area contributed by atoms with Gasteiger partial charge < -0.3 is 10.0 Å². The number of piperidine rings is 1. The molecule has 6 heteroatoms. The number of aliphatic carboxylic acids is 1. The van der Waals surface area contributed by atoms with Crippen LogP contribution in [-0.4, -0.2) is 59.6 Å². The third-order valence-electron chi connectivity index (χ3n) is 9.47. The first-order valence-electron chi connectivity index (χ1n) is 14.6. The molecule has 0 amide bonds. The van der Waals surface area contributed by atoms with Crippen LogP contribution in [0.3, 0.4) is 0 Å². The van der Waals surface area contributed by atoms with Gasteiger partial charge in [-0.15, -0.1) is 0 Å². The molecular formula is C32H42F2N2O2. The predicted octanol–water partition coefficient (Wildman–Crippen LogP) is 6.63. The maximum absolute atomic E-state index is 14.7. The molecule has 2 saturated heterocycles. The number of hydrogen-bond acceptors (Lipinski definition) is 3. The Hall–Kier alpha value is -2.31. The van der Waals surface area contributed by atoms with Gasteiger partial charge in [-0.25, -0.2) is 8.78 Å². The van der Waals surface area contributed by atoms with Gasteiger partial charge in [-0.3, -0.25) is 9.69 Å². The number of carboxylic acid groups (broad SMARTS) is 1. The van der Waals surface area contributed by atoms with E-state index in [0.29, 0.717) is 30.1 Å². The highest BCUT2D eigenvalue weighted by Crippen LogP contribution is 2.39. The Morgan fingerprint density at radius 1 is 0.921 bits per heavy atom. The highest BCUT2D eigenvalue weighted by molar-refractivity contribution is 5.73. The molecule has 2 aromatic carbocycles. The Balaban J connectivity index is 1.17. The molecule has 38 heavy (non-hydrogen) atoms. The normalized spacial score (nSPS) is 24.8. The average molecular weight is 525 g/mol. The van der Waals surface area contributed by atoms with Gasteiger partial charge in [0.25, 0.3) is 5.92 Å². The van der Waals surface area contributed by atoms with Crippen molar-refractivity contribution in [2.24, 2.45) is 17.8 Å². The molecule has 4 nitrogen and oxygen atoms in total. The molecule has 1 aliphatic carbocycles. The van der Waals surface area contributed by atoms with Gasteiger partial charge in [0.2, 0.25) is 0 Å². The molecule has 0 aromatic heterocycles. The number of likely N-dealkylation sites (tertiary alicyclic amines) is 2. The van der Waals surface area contributed by atoms with Crippen molar-refractivity contribution < 1.29 is 18.7 Å². The Kier molecular flexibility index (Phi) is 8.79. The SMILES string of the molecule is O=C(O)[C@H](CC1CCC1)N1C[C@H](CN2CCC(CCC(F)(F)c3ccccc3)CC2)[C@@H](c2ccccc2)C1. The number of carboxylic acids is 1. The fraction of sp³-hybridized carbons (Fsp3) is 0.594. The van der Waals surface area contributed by atoms with Crippen LogP contribution >= 0.6 is 0 Å². The summed E-state index contributed by atoms with van der Waals surface area (Å²) in [4.78, 5) is 17.0. The van der Waals surface area contributed by atoms with Crippen LogP contribution < -0.4 is 0 Å².